The third-order valence-electron chi connectivity index (χ3n) is 5.02. The Morgan fingerprint density at radius 1 is 0.933 bits per heavy atom. The lowest BCUT2D eigenvalue weighted by molar-refractivity contribution is -0.118. The van der Waals surface area contributed by atoms with Crippen LogP contribution in [-0.4, -0.2) is 57.5 Å². The van der Waals surface area contributed by atoms with Gasteiger partial charge in [-0.3, -0.25) is 15.0 Å². The molecule has 4 amide bonds. The third-order valence-corrected chi connectivity index (χ3v) is 5.02. The van der Waals surface area contributed by atoms with Crippen LogP contribution in [0.1, 0.15) is 19.3 Å². The Hall–Kier alpha value is -3.75. The molecule has 1 N–H and O–H groups in total. The minimum atomic E-state index is -0.563. The first kappa shape index (κ1) is 19.6. The molecule has 2 aromatic carbocycles. The van der Waals surface area contributed by atoms with Crippen molar-refractivity contribution < 1.29 is 14.4 Å². The van der Waals surface area contributed by atoms with Gasteiger partial charge in [-0.1, -0.05) is 35.5 Å². The minimum absolute atomic E-state index is 0.323. The number of fused-ring (bicyclic) bond motifs is 1. The van der Waals surface area contributed by atoms with Crippen molar-refractivity contribution in [3.05, 3.63) is 54.6 Å². The quantitative estimate of drug-likeness (QED) is 0.721. The van der Waals surface area contributed by atoms with Crippen LogP contribution in [0.5, 0.6) is 0 Å². The highest BCUT2D eigenvalue weighted by Crippen LogP contribution is 2.17. The van der Waals surface area contributed by atoms with Gasteiger partial charge in [-0.25, -0.2) is 9.59 Å². The zero-order valence-corrected chi connectivity index (χ0v) is 16.4. The number of urea groups is 1. The highest BCUT2D eigenvalue weighted by atomic mass is 16.2. The van der Waals surface area contributed by atoms with E-state index in [0.29, 0.717) is 29.8 Å². The summed E-state index contributed by atoms with van der Waals surface area (Å²) in [7, 11) is 0. The number of hydrogen-bond donors (Lipinski definition) is 1. The van der Waals surface area contributed by atoms with E-state index in [1.165, 1.54) is 4.90 Å². The molecule has 0 unspecified atom stereocenters. The second-order valence-corrected chi connectivity index (χ2v) is 7.10. The monoisotopic (exact) mass is 406 g/mol. The van der Waals surface area contributed by atoms with Gasteiger partial charge in [-0.15, -0.1) is 5.10 Å². The topological polar surface area (TPSA) is 100 Å². The lowest BCUT2D eigenvalue weighted by Crippen LogP contribution is -2.49. The molecule has 1 aromatic heterocycles. The van der Waals surface area contributed by atoms with E-state index in [-0.39, 0.29) is 6.54 Å². The SMILES string of the molecule is O=C(CN(C(=O)n1nnc2ccccc21)c1ccccc1)NC(=O)N1CCCCC1. The molecule has 0 radical (unpaired) electrons. The average molecular weight is 406 g/mol. The number of likely N-dealkylation sites (tertiary alicyclic amines) is 1. The summed E-state index contributed by atoms with van der Waals surface area (Å²) < 4.78 is 1.15. The van der Waals surface area contributed by atoms with Crippen molar-refractivity contribution in [2.24, 2.45) is 0 Å². The molecule has 0 bridgehead atoms. The number of hydrogen-bond acceptors (Lipinski definition) is 5. The van der Waals surface area contributed by atoms with E-state index in [1.54, 1.807) is 53.4 Å². The fourth-order valence-electron chi connectivity index (χ4n) is 3.48. The fraction of sp³-hybridized carbons (Fsp3) is 0.286. The number of benzene rings is 2. The summed E-state index contributed by atoms with van der Waals surface area (Å²) in [4.78, 5) is 41.1. The molecular weight excluding hydrogens is 384 g/mol. The Morgan fingerprint density at radius 3 is 2.40 bits per heavy atom. The highest BCUT2D eigenvalue weighted by Gasteiger charge is 2.25. The molecule has 9 heteroatoms. The first-order chi connectivity index (χ1) is 14.6. The summed E-state index contributed by atoms with van der Waals surface area (Å²) in [5.74, 6) is -0.563. The zero-order chi connectivity index (χ0) is 20.9. The number of amides is 4. The molecule has 0 saturated carbocycles. The maximum Gasteiger partial charge on any atom is 0.351 e. The predicted octanol–water partition coefficient (Wildman–Crippen LogP) is 2.63. The minimum Gasteiger partial charge on any atom is -0.324 e. The van der Waals surface area contributed by atoms with Crippen LogP contribution in [0.25, 0.3) is 11.0 Å². The maximum absolute atomic E-state index is 13.3. The largest absolute Gasteiger partial charge is 0.351 e. The van der Waals surface area contributed by atoms with Crippen molar-refractivity contribution in [3.8, 4) is 0 Å². The average Bonchev–Trinajstić information content (AvgIpc) is 3.22. The van der Waals surface area contributed by atoms with Gasteiger partial charge in [0.1, 0.15) is 12.1 Å². The van der Waals surface area contributed by atoms with Gasteiger partial charge in [-0.05, 0) is 43.5 Å². The van der Waals surface area contributed by atoms with Crippen LogP contribution >= 0.6 is 0 Å². The molecule has 0 aliphatic carbocycles. The number of piperidine rings is 1. The molecule has 154 valence electrons. The number of imide groups is 1. The number of carbonyl (C=O) groups is 3. The lowest BCUT2D eigenvalue weighted by Gasteiger charge is -2.27. The number of nitrogens with one attached hydrogen (secondary N) is 1. The molecule has 9 nitrogen and oxygen atoms in total. The Labute approximate surface area is 173 Å². The van der Waals surface area contributed by atoms with Crippen molar-refractivity contribution in [3.63, 3.8) is 0 Å². The van der Waals surface area contributed by atoms with Gasteiger partial charge in [0, 0.05) is 18.8 Å². The number of anilines is 1. The van der Waals surface area contributed by atoms with Crippen LogP contribution in [0.3, 0.4) is 0 Å². The van der Waals surface area contributed by atoms with Crippen LogP contribution in [0.4, 0.5) is 15.3 Å². The van der Waals surface area contributed by atoms with E-state index < -0.39 is 18.0 Å². The summed E-state index contributed by atoms with van der Waals surface area (Å²) in [5, 5.41) is 10.4. The number of aromatic nitrogens is 3. The van der Waals surface area contributed by atoms with Crippen LogP contribution in [-0.2, 0) is 4.79 Å². The number of nitrogens with zero attached hydrogens (tertiary/aromatic N) is 5. The molecule has 2 heterocycles. The summed E-state index contributed by atoms with van der Waals surface area (Å²) >= 11 is 0. The lowest BCUT2D eigenvalue weighted by atomic mass is 10.1. The molecule has 1 saturated heterocycles. The van der Waals surface area contributed by atoms with Crippen LogP contribution in [0.15, 0.2) is 54.6 Å². The summed E-state index contributed by atoms with van der Waals surface area (Å²) in [6.45, 7) is 0.938. The van der Waals surface area contributed by atoms with Crippen LogP contribution in [0, 0.1) is 0 Å². The van der Waals surface area contributed by atoms with E-state index in [0.717, 1.165) is 23.9 Å². The van der Waals surface area contributed by atoms with E-state index in [4.69, 9.17) is 0 Å². The van der Waals surface area contributed by atoms with E-state index in [2.05, 4.69) is 15.6 Å². The van der Waals surface area contributed by atoms with Crippen LogP contribution in [0.2, 0.25) is 0 Å². The molecule has 30 heavy (non-hydrogen) atoms. The zero-order valence-electron chi connectivity index (χ0n) is 16.4. The van der Waals surface area contributed by atoms with E-state index in [1.807, 2.05) is 6.07 Å². The Bertz CT molecular complexity index is 1060. The van der Waals surface area contributed by atoms with Crippen molar-refractivity contribution in [1.29, 1.82) is 0 Å². The summed E-state index contributed by atoms with van der Waals surface area (Å²) in [6.07, 6.45) is 2.94. The number of rotatable bonds is 3. The summed E-state index contributed by atoms with van der Waals surface area (Å²) in [5.41, 5.74) is 1.62. The second kappa shape index (κ2) is 8.73. The molecule has 4 rings (SSSR count). The van der Waals surface area contributed by atoms with Gasteiger partial charge in [0.25, 0.3) is 0 Å². The summed E-state index contributed by atoms with van der Waals surface area (Å²) in [6, 6.07) is 14.9. The van der Waals surface area contributed by atoms with Gasteiger partial charge in [0.05, 0.1) is 5.52 Å². The van der Waals surface area contributed by atoms with Gasteiger partial charge in [0.2, 0.25) is 5.91 Å². The standard InChI is InChI=1S/C21H22N6O3/c28-19(22-20(29)25-13-7-2-8-14-25)15-26(16-9-3-1-4-10-16)21(30)27-18-12-6-5-11-17(18)23-24-27/h1,3-6,9-12H,2,7-8,13-15H2,(H,22,28,29). The normalized spacial score (nSPS) is 13.8. The molecule has 3 aromatic rings. The van der Waals surface area contributed by atoms with E-state index >= 15 is 0 Å². The Morgan fingerprint density at radius 2 is 1.63 bits per heavy atom. The number of para-hydroxylation sites is 2. The fourth-order valence-corrected chi connectivity index (χ4v) is 3.48. The molecule has 1 aliphatic heterocycles. The van der Waals surface area contributed by atoms with Gasteiger partial charge >= 0.3 is 12.1 Å². The Kier molecular flexibility index (Phi) is 5.69. The van der Waals surface area contributed by atoms with Crippen molar-refractivity contribution in [2.45, 2.75) is 19.3 Å². The van der Waals surface area contributed by atoms with Crippen molar-refractivity contribution in [2.75, 3.05) is 24.5 Å². The first-order valence-electron chi connectivity index (χ1n) is 9.89. The molecule has 1 fully saturated rings. The van der Waals surface area contributed by atoms with Crippen molar-refractivity contribution >= 4 is 34.7 Å². The molecular formula is C21H22N6O3. The third kappa shape index (κ3) is 4.14. The van der Waals surface area contributed by atoms with Gasteiger partial charge < -0.3 is 4.90 Å². The molecule has 0 spiro atoms. The predicted molar refractivity (Wildman–Crippen MR) is 111 cm³/mol. The second-order valence-electron chi connectivity index (χ2n) is 7.10. The van der Waals surface area contributed by atoms with Crippen molar-refractivity contribution in [1.82, 2.24) is 25.2 Å². The highest BCUT2D eigenvalue weighted by molar-refractivity contribution is 6.04. The van der Waals surface area contributed by atoms with Gasteiger partial charge in [-0.2, -0.15) is 4.68 Å². The van der Waals surface area contributed by atoms with Crippen LogP contribution < -0.4 is 10.2 Å². The molecule has 0 atom stereocenters. The number of carbonyl (C=O) groups excluding carboxylic acids is 3. The smallest absolute Gasteiger partial charge is 0.324 e. The molecule has 1 aliphatic rings. The first-order valence-corrected chi connectivity index (χ1v) is 9.89. The maximum atomic E-state index is 13.3. The van der Waals surface area contributed by atoms with E-state index in [9.17, 15) is 14.4 Å². The Balaban J connectivity index is 1.55. The van der Waals surface area contributed by atoms with Gasteiger partial charge in [0.15, 0.2) is 0 Å².